The van der Waals surface area contributed by atoms with Crippen molar-refractivity contribution >= 4 is 21.9 Å². The van der Waals surface area contributed by atoms with Gasteiger partial charge in [0.2, 0.25) is 15.9 Å². The second-order valence-corrected chi connectivity index (χ2v) is 8.87. The minimum absolute atomic E-state index is 0.00158. The number of rotatable bonds is 5. The molecule has 0 spiro atoms. The van der Waals surface area contributed by atoms with Crippen LogP contribution in [-0.2, 0) is 19.6 Å². The molecule has 0 bridgehead atoms. The lowest BCUT2D eigenvalue weighted by molar-refractivity contribution is -0.127. The Kier molecular flexibility index (Phi) is 5.83. The van der Waals surface area contributed by atoms with Crippen molar-refractivity contribution in [3.05, 3.63) is 29.8 Å². The van der Waals surface area contributed by atoms with E-state index in [9.17, 15) is 23.1 Å². The van der Waals surface area contributed by atoms with Gasteiger partial charge < -0.3 is 15.2 Å². The fourth-order valence-corrected chi connectivity index (χ4v) is 5.24. The Morgan fingerprint density at radius 1 is 1.19 bits per heavy atom. The van der Waals surface area contributed by atoms with Crippen molar-refractivity contribution in [3.8, 4) is 0 Å². The number of carboxylic acid groups (broad SMARTS) is 1. The van der Waals surface area contributed by atoms with Crippen LogP contribution in [0.4, 0.5) is 0 Å². The highest BCUT2D eigenvalue weighted by Crippen LogP contribution is 2.26. The lowest BCUT2D eigenvalue weighted by Crippen LogP contribution is -2.47. The molecule has 9 heteroatoms. The Balaban J connectivity index is 1.65. The average Bonchev–Trinajstić information content (AvgIpc) is 3.06. The minimum Gasteiger partial charge on any atom is -0.478 e. The summed E-state index contributed by atoms with van der Waals surface area (Å²) in [6.07, 6.45) is 1.58. The number of sulfonamides is 1. The van der Waals surface area contributed by atoms with E-state index >= 15 is 0 Å². The standard InChI is InChI=1S/C18H24N2O6S/c1-12-15(8-11-26-12)19-17(21)13-6-9-20(10-7-13)27(24,25)16-5-3-2-4-14(16)18(22)23/h2-5,12-13,15H,6-11H2,1H3,(H,19,21)(H,22,23). The molecule has 0 saturated carbocycles. The van der Waals surface area contributed by atoms with E-state index in [4.69, 9.17) is 4.74 Å². The van der Waals surface area contributed by atoms with Crippen molar-refractivity contribution in [3.63, 3.8) is 0 Å². The Morgan fingerprint density at radius 2 is 1.85 bits per heavy atom. The van der Waals surface area contributed by atoms with Crippen LogP contribution in [0.3, 0.4) is 0 Å². The van der Waals surface area contributed by atoms with Crippen molar-refractivity contribution < 1.29 is 27.9 Å². The Labute approximate surface area is 158 Å². The van der Waals surface area contributed by atoms with Crippen LogP contribution >= 0.6 is 0 Å². The Morgan fingerprint density at radius 3 is 2.44 bits per heavy atom. The molecule has 148 valence electrons. The first-order chi connectivity index (χ1) is 12.8. The van der Waals surface area contributed by atoms with Gasteiger partial charge in [-0.3, -0.25) is 4.79 Å². The second kappa shape index (κ2) is 7.95. The predicted octanol–water partition coefficient (Wildman–Crippen LogP) is 1.08. The van der Waals surface area contributed by atoms with Gasteiger partial charge in [-0.15, -0.1) is 0 Å². The molecule has 0 aliphatic carbocycles. The topological polar surface area (TPSA) is 113 Å². The molecule has 1 aromatic rings. The van der Waals surface area contributed by atoms with Gasteiger partial charge in [-0.05, 0) is 38.3 Å². The van der Waals surface area contributed by atoms with E-state index in [0.29, 0.717) is 19.4 Å². The average molecular weight is 396 g/mol. The summed E-state index contributed by atoms with van der Waals surface area (Å²) >= 11 is 0. The molecule has 2 unspecified atom stereocenters. The van der Waals surface area contributed by atoms with Gasteiger partial charge in [0.05, 0.1) is 22.6 Å². The third kappa shape index (κ3) is 4.15. The Hall–Kier alpha value is -1.97. The first kappa shape index (κ1) is 19.8. The third-order valence-electron chi connectivity index (χ3n) is 5.26. The van der Waals surface area contributed by atoms with Crippen molar-refractivity contribution in [2.24, 2.45) is 5.92 Å². The molecule has 3 rings (SSSR count). The smallest absolute Gasteiger partial charge is 0.337 e. The quantitative estimate of drug-likeness (QED) is 0.770. The van der Waals surface area contributed by atoms with E-state index < -0.39 is 16.0 Å². The second-order valence-electron chi connectivity index (χ2n) is 6.96. The SMILES string of the molecule is CC1OCCC1NC(=O)C1CCN(S(=O)(=O)c2ccccc2C(=O)O)CC1. The zero-order chi connectivity index (χ0) is 19.6. The van der Waals surface area contributed by atoms with Crippen molar-refractivity contribution in [2.45, 2.75) is 43.2 Å². The number of carbonyl (C=O) groups is 2. The van der Waals surface area contributed by atoms with E-state index in [2.05, 4.69) is 5.32 Å². The fourth-order valence-electron chi connectivity index (χ4n) is 3.59. The molecule has 0 radical (unpaired) electrons. The third-order valence-corrected chi connectivity index (χ3v) is 7.22. The largest absolute Gasteiger partial charge is 0.478 e. The fraction of sp³-hybridized carbons (Fsp3) is 0.556. The number of hydrogen-bond donors (Lipinski definition) is 2. The zero-order valence-electron chi connectivity index (χ0n) is 15.1. The normalized spacial score (nSPS) is 24.6. The van der Waals surface area contributed by atoms with Crippen LogP contribution in [0, 0.1) is 5.92 Å². The number of carbonyl (C=O) groups excluding carboxylic acids is 1. The van der Waals surface area contributed by atoms with E-state index in [-0.39, 0.29) is 47.5 Å². The van der Waals surface area contributed by atoms with E-state index in [1.165, 1.54) is 28.6 Å². The minimum atomic E-state index is -3.92. The predicted molar refractivity (Wildman–Crippen MR) is 96.8 cm³/mol. The molecule has 2 fully saturated rings. The summed E-state index contributed by atoms with van der Waals surface area (Å²) in [5, 5.41) is 12.3. The summed E-state index contributed by atoms with van der Waals surface area (Å²) in [6, 6.07) is 5.58. The maximum absolute atomic E-state index is 12.9. The van der Waals surface area contributed by atoms with Crippen LogP contribution in [0.1, 0.15) is 36.5 Å². The first-order valence-electron chi connectivity index (χ1n) is 9.05. The van der Waals surface area contributed by atoms with E-state index in [0.717, 1.165) is 6.42 Å². The molecule has 2 heterocycles. The molecule has 1 amide bonds. The summed E-state index contributed by atoms with van der Waals surface area (Å²) in [5.74, 6) is -1.60. The summed E-state index contributed by atoms with van der Waals surface area (Å²) in [5.41, 5.74) is -0.243. The number of benzene rings is 1. The molecule has 2 N–H and O–H groups in total. The monoisotopic (exact) mass is 396 g/mol. The number of piperidine rings is 1. The molecule has 2 atom stereocenters. The van der Waals surface area contributed by atoms with Gasteiger partial charge in [0.1, 0.15) is 0 Å². The van der Waals surface area contributed by atoms with E-state index in [1.54, 1.807) is 0 Å². The number of aromatic carboxylic acids is 1. The molecule has 1 aromatic carbocycles. The van der Waals surface area contributed by atoms with Crippen molar-refractivity contribution in [1.29, 1.82) is 0 Å². The van der Waals surface area contributed by atoms with Crippen LogP contribution in [0.2, 0.25) is 0 Å². The molecule has 2 aliphatic heterocycles. The molecule has 8 nitrogen and oxygen atoms in total. The van der Waals surface area contributed by atoms with Crippen molar-refractivity contribution in [1.82, 2.24) is 9.62 Å². The van der Waals surface area contributed by atoms with Gasteiger partial charge in [-0.2, -0.15) is 4.31 Å². The number of hydrogen-bond acceptors (Lipinski definition) is 5. The van der Waals surface area contributed by atoms with Crippen LogP contribution < -0.4 is 5.32 Å². The van der Waals surface area contributed by atoms with Gasteiger partial charge in [-0.1, -0.05) is 12.1 Å². The van der Waals surface area contributed by atoms with E-state index in [1.807, 2.05) is 6.92 Å². The lowest BCUT2D eigenvalue weighted by Gasteiger charge is -2.31. The van der Waals surface area contributed by atoms with Gasteiger partial charge in [0.25, 0.3) is 0 Å². The number of nitrogens with one attached hydrogen (secondary N) is 1. The summed E-state index contributed by atoms with van der Waals surface area (Å²) in [7, 11) is -3.92. The highest BCUT2D eigenvalue weighted by Gasteiger charge is 2.35. The molecule has 27 heavy (non-hydrogen) atoms. The van der Waals surface area contributed by atoms with Gasteiger partial charge >= 0.3 is 5.97 Å². The Bertz CT molecular complexity index is 817. The number of nitrogens with zero attached hydrogens (tertiary/aromatic N) is 1. The highest BCUT2D eigenvalue weighted by molar-refractivity contribution is 7.89. The van der Waals surface area contributed by atoms with Gasteiger partial charge in [0, 0.05) is 25.6 Å². The van der Waals surface area contributed by atoms with Crippen LogP contribution in [0.15, 0.2) is 29.2 Å². The van der Waals surface area contributed by atoms with Crippen LogP contribution in [0.25, 0.3) is 0 Å². The van der Waals surface area contributed by atoms with Gasteiger partial charge in [0.15, 0.2) is 0 Å². The molecular formula is C18H24N2O6S. The maximum atomic E-state index is 12.9. The molecule has 2 aliphatic rings. The molecule has 2 saturated heterocycles. The number of carboxylic acids is 1. The zero-order valence-corrected chi connectivity index (χ0v) is 15.9. The van der Waals surface area contributed by atoms with Crippen molar-refractivity contribution in [2.75, 3.05) is 19.7 Å². The van der Waals surface area contributed by atoms with Crippen LogP contribution in [0.5, 0.6) is 0 Å². The number of ether oxygens (including phenoxy) is 1. The number of amides is 1. The maximum Gasteiger partial charge on any atom is 0.337 e. The molecule has 0 aromatic heterocycles. The van der Waals surface area contributed by atoms with Crippen LogP contribution in [-0.4, -0.2) is 61.5 Å². The summed E-state index contributed by atoms with van der Waals surface area (Å²) in [4.78, 5) is 23.6. The molecular weight excluding hydrogens is 372 g/mol. The first-order valence-corrected chi connectivity index (χ1v) is 10.5. The van der Waals surface area contributed by atoms with Gasteiger partial charge in [-0.25, -0.2) is 13.2 Å². The summed E-state index contributed by atoms with van der Waals surface area (Å²) in [6.45, 7) is 2.93. The highest BCUT2D eigenvalue weighted by atomic mass is 32.2. The lowest BCUT2D eigenvalue weighted by atomic mass is 9.96. The summed E-state index contributed by atoms with van der Waals surface area (Å²) < 4.78 is 32.4.